The summed E-state index contributed by atoms with van der Waals surface area (Å²) in [6.07, 6.45) is -6.57. The zero-order valence-corrected chi connectivity index (χ0v) is 24.4. The highest BCUT2D eigenvalue weighted by molar-refractivity contribution is 5.82. The van der Waals surface area contributed by atoms with E-state index in [0.717, 1.165) is 41.0 Å². The molecule has 2 aliphatic heterocycles. The van der Waals surface area contributed by atoms with Crippen molar-refractivity contribution in [3.8, 4) is 11.1 Å². The molecule has 0 bridgehead atoms. The van der Waals surface area contributed by atoms with Gasteiger partial charge in [-0.3, -0.25) is 19.3 Å². The van der Waals surface area contributed by atoms with Crippen molar-refractivity contribution < 1.29 is 57.5 Å². The fraction of sp³-hybridized carbons (Fsp3) is 0.452. The van der Waals surface area contributed by atoms with Crippen LogP contribution in [-0.2, 0) is 47.6 Å². The Morgan fingerprint density at radius 2 is 1.41 bits per heavy atom. The van der Waals surface area contributed by atoms with Gasteiger partial charge in [0.15, 0.2) is 18.5 Å². The number of esters is 3. The summed E-state index contributed by atoms with van der Waals surface area (Å²) in [7, 11) is 0. The maximum absolute atomic E-state index is 13.3. The number of carboxylic acids is 1. The van der Waals surface area contributed by atoms with E-state index in [1.165, 1.54) is 6.92 Å². The molecule has 6 atom stereocenters. The molecule has 3 aliphatic rings. The van der Waals surface area contributed by atoms with E-state index >= 15 is 0 Å². The van der Waals surface area contributed by atoms with E-state index in [0.29, 0.717) is 0 Å². The number of fused-ring (bicyclic) bond motifs is 3. The molecule has 2 fully saturated rings. The highest BCUT2D eigenvalue weighted by Gasteiger charge is 2.52. The van der Waals surface area contributed by atoms with Gasteiger partial charge in [0, 0.05) is 33.1 Å². The topological polar surface area (TPSA) is 164 Å². The van der Waals surface area contributed by atoms with Gasteiger partial charge in [-0.25, -0.2) is 9.59 Å². The molecule has 234 valence electrons. The van der Waals surface area contributed by atoms with Crippen molar-refractivity contribution in [3.05, 3.63) is 59.7 Å². The van der Waals surface area contributed by atoms with Gasteiger partial charge in [-0.2, -0.15) is 0 Å². The third-order valence-corrected chi connectivity index (χ3v) is 7.77. The van der Waals surface area contributed by atoms with Crippen LogP contribution in [0.4, 0.5) is 4.79 Å². The molecule has 1 amide bonds. The molecule has 2 saturated heterocycles. The van der Waals surface area contributed by atoms with Gasteiger partial charge in [-0.05, 0) is 22.3 Å². The lowest BCUT2D eigenvalue weighted by molar-refractivity contribution is -0.204. The summed E-state index contributed by atoms with van der Waals surface area (Å²) in [4.78, 5) is 61.6. The van der Waals surface area contributed by atoms with Crippen LogP contribution in [0.2, 0.25) is 0 Å². The van der Waals surface area contributed by atoms with E-state index in [-0.39, 0.29) is 32.1 Å². The van der Waals surface area contributed by atoms with Crippen molar-refractivity contribution in [3.63, 3.8) is 0 Å². The molecule has 2 heterocycles. The quantitative estimate of drug-likeness (QED) is 0.326. The number of benzene rings is 2. The standard InChI is InChI=1S/C31H33NO12/c1-16(33)39-15-26-27(41-17(2)34)28(42-18(3)35)30(44-26)43-19-12-25(29(36)37)32(13-19)31(38)40-14-24-22-10-6-4-8-20(22)21-9-5-7-11-23(21)24/h4-11,19,24-28,30H,12-15H2,1-3H3,(H,36,37)/t19-,25+,26+,27+,28-,30+/m1/s1. The van der Waals surface area contributed by atoms with Gasteiger partial charge in [-0.1, -0.05) is 48.5 Å². The second kappa shape index (κ2) is 13.0. The fourth-order valence-corrected chi connectivity index (χ4v) is 5.98. The van der Waals surface area contributed by atoms with E-state index in [1.807, 2.05) is 48.5 Å². The summed E-state index contributed by atoms with van der Waals surface area (Å²) >= 11 is 0. The summed E-state index contributed by atoms with van der Waals surface area (Å²) in [5, 5.41) is 9.92. The molecule has 0 spiro atoms. The van der Waals surface area contributed by atoms with Crippen molar-refractivity contribution >= 4 is 30.0 Å². The number of nitrogens with zero attached hydrogens (tertiary/aromatic N) is 1. The Bertz CT molecular complexity index is 1400. The minimum atomic E-state index is -1.31. The maximum atomic E-state index is 13.3. The zero-order chi connectivity index (χ0) is 31.5. The van der Waals surface area contributed by atoms with Gasteiger partial charge in [0.1, 0.15) is 25.4 Å². The summed E-state index contributed by atoms with van der Waals surface area (Å²) in [6, 6.07) is 14.4. The molecule has 0 radical (unpaired) electrons. The van der Waals surface area contributed by atoms with Crippen LogP contribution in [0, 0.1) is 0 Å². The van der Waals surface area contributed by atoms with Crippen molar-refractivity contribution in [2.75, 3.05) is 19.8 Å². The third kappa shape index (κ3) is 6.53. The molecule has 5 rings (SSSR count). The first-order valence-electron chi connectivity index (χ1n) is 14.2. The third-order valence-electron chi connectivity index (χ3n) is 7.77. The Morgan fingerprint density at radius 3 is 1.98 bits per heavy atom. The molecule has 2 aromatic carbocycles. The summed E-state index contributed by atoms with van der Waals surface area (Å²) in [6.45, 7) is 3.02. The van der Waals surface area contributed by atoms with E-state index in [4.69, 9.17) is 28.4 Å². The van der Waals surface area contributed by atoms with Gasteiger partial charge in [0.25, 0.3) is 0 Å². The van der Waals surface area contributed by atoms with Crippen LogP contribution in [0.15, 0.2) is 48.5 Å². The number of hydrogen-bond acceptors (Lipinski definition) is 11. The highest BCUT2D eigenvalue weighted by atomic mass is 16.7. The van der Waals surface area contributed by atoms with Crippen LogP contribution < -0.4 is 0 Å². The number of hydrogen-bond donors (Lipinski definition) is 1. The Balaban J connectivity index is 1.28. The predicted molar refractivity (Wildman–Crippen MR) is 149 cm³/mol. The van der Waals surface area contributed by atoms with Gasteiger partial charge >= 0.3 is 30.0 Å². The van der Waals surface area contributed by atoms with E-state index in [1.54, 1.807) is 0 Å². The molecule has 0 saturated carbocycles. The van der Waals surface area contributed by atoms with Gasteiger partial charge < -0.3 is 33.5 Å². The van der Waals surface area contributed by atoms with E-state index < -0.39 is 66.7 Å². The predicted octanol–water partition coefficient (Wildman–Crippen LogP) is 2.63. The minimum absolute atomic E-state index is 0.00335. The van der Waals surface area contributed by atoms with Crippen LogP contribution in [0.25, 0.3) is 11.1 Å². The molecule has 0 aromatic heterocycles. The van der Waals surface area contributed by atoms with Crippen molar-refractivity contribution in [2.45, 2.75) is 69.9 Å². The summed E-state index contributed by atoms with van der Waals surface area (Å²) in [5.74, 6) is -3.49. The monoisotopic (exact) mass is 611 g/mol. The molecule has 13 nitrogen and oxygen atoms in total. The normalized spacial score (nSPS) is 25.6. The highest BCUT2D eigenvalue weighted by Crippen LogP contribution is 2.44. The number of rotatable bonds is 9. The van der Waals surface area contributed by atoms with Gasteiger partial charge in [0.05, 0.1) is 12.6 Å². The lowest BCUT2D eigenvalue weighted by atomic mass is 9.98. The first kappa shape index (κ1) is 31.0. The number of aliphatic carboxylic acids is 1. The van der Waals surface area contributed by atoms with Crippen molar-refractivity contribution in [1.82, 2.24) is 4.90 Å². The molecule has 2 aromatic rings. The lowest BCUT2D eigenvalue weighted by Crippen LogP contribution is -2.43. The average Bonchev–Trinajstić information content (AvgIpc) is 3.63. The number of amides is 1. The van der Waals surface area contributed by atoms with Gasteiger partial charge in [-0.15, -0.1) is 0 Å². The van der Waals surface area contributed by atoms with E-state index in [2.05, 4.69) is 0 Å². The second-order valence-corrected chi connectivity index (χ2v) is 10.8. The number of ether oxygens (including phenoxy) is 6. The molecule has 0 unspecified atom stereocenters. The molecular weight excluding hydrogens is 578 g/mol. The largest absolute Gasteiger partial charge is 0.480 e. The molecule has 13 heteroatoms. The van der Waals surface area contributed by atoms with Crippen LogP contribution in [0.5, 0.6) is 0 Å². The molecule has 1 N–H and O–H groups in total. The Labute approximate surface area is 252 Å². The average molecular weight is 612 g/mol. The number of carbonyl (C=O) groups excluding carboxylic acids is 4. The number of likely N-dealkylation sites (tertiary alicyclic amines) is 1. The smallest absolute Gasteiger partial charge is 0.410 e. The van der Waals surface area contributed by atoms with Gasteiger partial charge in [0.2, 0.25) is 0 Å². The van der Waals surface area contributed by atoms with Crippen LogP contribution >= 0.6 is 0 Å². The summed E-state index contributed by atoms with van der Waals surface area (Å²) < 4.78 is 33.3. The number of carboxylic acid groups (broad SMARTS) is 1. The van der Waals surface area contributed by atoms with Crippen LogP contribution in [0.1, 0.15) is 44.2 Å². The Kier molecular flexibility index (Phi) is 9.16. The fourth-order valence-electron chi connectivity index (χ4n) is 5.98. The van der Waals surface area contributed by atoms with Crippen molar-refractivity contribution in [1.29, 1.82) is 0 Å². The van der Waals surface area contributed by atoms with Crippen LogP contribution in [0.3, 0.4) is 0 Å². The van der Waals surface area contributed by atoms with E-state index in [9.17, 15) is 29.1 Å². The second-order valence-electron chi connectivity index (χ2n) is 10.8. The molecule has 1 aliphatic carbocycles. The minimum Gasteiger partial charge on any atom is -0.480 e. The number of carbonyl (C=O) groups is 5. The maximum Gasteiger partial charge on any atom is 0.410 e. The SMILES string of the molecule is CC(=O)OC[C@@H]1O[C@H](O[C@@H]2C[C@@H](C(=O)O)N(C(=O)OCC3c4ccccc4-c4ccccc43)C2)[C@H](OC(C)=O)[C@H]1OC(C)=O. The summed E-state index contributed by atoms with van der Waals surface area (Å²) in [5.41, 5.74) is 4.14. The molecular formula is C31H33NO12. The lowest BCUT2D eigenvalue weighted by Gasteiger charge is -2.25. The first-order valence-corrected chi connectivity index (χ1v) is 14.2. The zero-order valence-electron chi connectivity index (χ0n) is 24.4. The van der Waals surface area contributed by atoms with Crippen molar-refractivity contribution in [2.24, 2.45) is 0 Å². The molecule has 44 heavy (non-hydrogen) atoms. The Morgan fingerprint density at radius 1 is 0.818 bits per heavy atom. The Hall–Kier alpha value is -4.49. The van der Waals surface area contributed by atoms with Crippen LogP contribution in [-0.4, -0.2) is 96.5 Å². The first-order chi connectivity index (χ1) is 21.0.